The lowest BCUT2D eigenvalue weighted by atomic mass is 10.2. The Kier molecular flexibility index (Phi) is 5.32. The van der Waals surface area contributed by atoms with Gasteiger partial charge in [0.05, 0.1) is 12.4 Å². The maximum Gasteiger partial charge on any atom is 0.211 e. The molecule has 0 bridgehead atoms. The smallest absolute Gasteiger partial charge is 0.211 e. The van der Waals surface area contributed by atoms with E-state index in [-0.39, 0.29) is 12.6 Å². The summed E-state index contributed by atoms with van der Waals surface area (Å²) in [5.74, 6) is 0. The van der Waals surface area contributed by atoms with Gasteiger partial charge in [0.1, 0.15) is 0 Å². The van der Waals surface area contributed by atoms with Crippen LogP contribution in [-0.2, 0) is 10.0 Å². The highest BCUT2D eigenvalue weighted by Crippen LogP contribution is 2.00. The van der Waals surface area contributed by atoms with Crippen molar-refractivity contribution in [1.29, 1.82) is 0 Å². The van der Waals surface area contributed by atoms with Crippen LogP contribution in [0.3, 0.4) is 0 Å². The van der Waals surface area contributed by atoms with E-state index in [1.807, 2.05) is 0 Å². The zero-order valence-corrected chi connectivity index (χ0v) is 10.0. The summed E-state index contributed by atoms with van der Waals surface area (Å²) in [7, 11) is 0.515. The summed E-state index contributed by atoms with van der Waals surface area (Å²) in [4.78, 5) is 0. The third kappa shape index (κ3) is 4.88. The molecule has 0 saturated carbocycles. The average molecular weight is 228 g/mol. The van der Waals surface area contributed by atoms with E-state index in [9.17, 15) is 13.5 Å². The fraction of sp³-hybridized carbons (Fsp3) is 1.00. The second kappa shape index (κ2) is 5.22. The van der Waals surface area contributed by atoms with Crippen LogP contribution >= 0.6 is 9.39 Å². The highest BCUT2D eigenvalue weighted by molar-refractivity contribution is 7.88. The normalized spacial score (nSPS) is 17.4. The molecule has 2 unspecified atom stereocenters. The van der Waals surface area contributed by atoms with Crippen molar-refractivity contribution < 1.29 is 13.5 Å². The number of nitrogens with one attached hydrogen (secondary N) is 1. The molecule has 0 aliphatic carbocycles. The molecule has 0 radical (unpaired) electrons. The number of aliphatic hydroxyl groups excluding tert-OH is 1. The zero-order valence-electron chi connectivity index (χ0n) is 8.06. The van der Waals surface area contributed by atoms with Crippen molar-refractivity contribution in [2.75, 3.05) is 19.8 Å². The Morgan fingerprint density at radius 1 is 1.62 bits per heavy atom. The van der Waals surface area contributed by atoms with Crippen LogP contribution in [0.25, 0.3) is 0 Å². The van der Waals surface area contributed by atoms with Gasteiger partial charge in [-0.3, -0.25) is 5.09 Å². The molecule has 13 heavy (non-hydrogen) atoms. The summed E-state index contributed by atoms with van der Waals surface area (Å²) in [6, 6.07) is -0.158. The summed E-state index contributed by atoms with van der Waals surface area (Å²) >= 11 is 0. The molecule has 3 atom stereocenters. The molecule has 0 aliphatic rings. The largest absolute Gasteiger partial charge is 0.390 e. The molecule has 0 saturated heterocycles. The van der Waals surface area contributed by atoms with E-state index >= 15 is 0 Å². The summed E-state index contributed by atoms with van der Waals surface area (Å²) in [6.45, 7) is 1.87. The molecule has 5 nitrogen and oxygen atoms in total. The highest BCUT2D eigenvalue weighted by atomic mass is 32.2. The van der Waals surface area contributed by atoms with Gasteiger partial charge in [-0.05, 0) is 6.92 Å². The van der Waals surface area contributed by atoms with E-state index < -0.39 is 16.1 Å². The Balaban J connectivity index is 4.14. The van der Waals surface area contributed by atoms with Crippen LogP contribution in [0.1, 0.15) is 6.92 Å². The number of rotatable bonds is 5. The van der Waals surface area contributed by atoms with Crippen molar-refractivity contribution in [3.05, 3.63) is 0 Å². The summed E-state index contributed by atoms with van der Waals surface area (Å²) in [5.41, 5.74) is 0. The molecule has 0 spiro atoms. The van der Waals surface area contributed by atoms with Crippen LogP contribution in [0.5, 0.6) is 0 Å². The molecule has 0 amide bonds. The van der Waals surface area contributed by atoms with E-state index in [0.29, 0.717) is 0 Å². The van der Waals surface area contributed by atoms with E-state index in [2.05, 4.69) is 14.5 Å². The fourth-order valence-corrected chi connectivity index (χ4v) is 1.31. The van der Waals surface area contributed by atoms with Gasteiger partial charge in [-0.25, -0.2) is 12.7 Å². The Morgan fingerprint density at radius 2 is 2.08 bits per heavy atom. The van der Waals surface area contributed by atoms with Gasteiger partial charge < -0.3 is 5.11 Å². The van der Waals surface area contributed by atoms with Crippen LogP contribution in [0.15, 0.2) is 0 Å². The van der Waals surface area contributed by atoms with Crippen LogP contribution in [-0.4, -0.2) is 49.8 Å². The quantitative estimate of drug-likeness (QED) is 0.593. The molecule has 0 aromatic heterocycles. The number of sulfonamides is 1. The fourth-order valence-electron chi connectivity index (χ4n) is 0.668. The van der Waals surface area contributed by atoms with Gasteiger partial charge >= 0.3 is 0 Å². The Hall–Kier alpha value is 0.260. The molecule has 7 heteroatoms. The Bertz CT molecular complexity index is 244. The first-order valence-corrected chi connectivity index (χ1v) is 6.27. The second-order valence-electron chi connectivity index (χ2n) is 3.07. The SMILES string of the molecule is C[C@H](NP)C(O)CN(C)S(C)(=O)=O. The lowest BCUT2D eigenvalue weighted by Crippen LogP contribution is -2.42. The molecule has 2 N–H and O–H groups in total. The van der Waals surface area contributed by atoms with Gasteiger partial charge in [0, 0.05) is 19.6 Å². The summed E-state index contributed by atoms with van der Waals surface area (Å²) in [6.07, 6.45) is 0.399. The minimum absolute atomic E-state index is 0.0986. The van der Waals surface area contributed by atoms with Gasteiger partial charge in [0.15, 0.2) is 0 Å². The van der Waals surface area contributed by atoms with Crippen molar-refractivity contribution in [1.82, 2.24) is 9.39 Å². The predicted octanol–water partition coefficient (Wildman–Crippen LogP) is -0.993. The van der Waals surface area contributed by atoms with Gasteiger partial charge in [0.2, 0.25) is 10.0 Å². The van der Waals surface area contributed by atoms with Crippen molar-refractivity contribution in [2.45, 2.75) is 19.1 Å². The van der Waals surface area contributed by atoms with Gasteiger partial charge in [-0.2, -0.15) is 0 Å². The third-order valence-corrected chi connectivity index (χ3v) is 3.66. The number of likely N-dealkylation sites (N-methyl/N-ethyl adjacent to an activating group) is 1. The molecular formula is C6H17N2O3PS. The Labute approximate surface area is 81.8 Å². The van der Waals surface area contributed by atoms with Crippen LogP contribution in [0.4, 0.5) is 0 Å². The zero-order chi connectivity index (χ0) is 10.6. The molecule has 0 rings (SSSR count). The van der Waals surface area contributed by atoms with Crippen LogP contribution in [0, 0.1) is 0 Å². The minimum atomic E-state index is -3.20. The monoisotopic (exact) mass is 228 g/mol. The maximum absolute atomic E-state index is 11.0. The van der Waals surface area contributed by atoms with E-state index in [0.717, 1.165) is 10.6 Å². The van der Waals surface area contributed by atoms with Gasteiger partial charge in [-0.1, -0.05) is 9.39 Å². The topological polar surface area (TPSA) is 69.6 Å². The van der Waals surface area contributed by atoms with Crippen molar-refractivity contribution >= 4 is 19.4 Å². The van der Waals surface area contributed by atoms with E-state index in [1.165, 1.54) is 7.05 Å². The third-order valence-electron chi connectivity index (χ3n) is 1.85. The second-order valence-corrected chi connectivity index (χ2v) is 5.49. The average Bonchev–Trinajstić information content (AvgIpc) is 2.01. The number of hydrogen-bond donors (Lipinski definition) is 2. The number of hydrogen-bond acceptors (Lipinski definition) is 4. The number of aliphatic hydroxyl groups is 1. The standard InChI is InChI=1S/C6H17N2O3PS/c1-5(7-12)6(9)4-8(2)13(3,10)11/h5-7,9H,4,12H2,1-3H3/t5-,6?/m0/s1. The molecule has 0 aromatic carbocycles. The molecule has 0 aliphatic heterocycles. The molecule has 80 valence electrons. The van der Waals surface area contributed by atoms with Crippen LogP contribution < -0.4 is 5.09 Å². The predicted molar refractivity (Wildman–Crippen MR) is 55.8 cm³/mol. The molecular weight excluding hydrogens is 211 g/mol. The van der Waals surface area contributed by atoms with Gasteiger partial charge in [0.25, 0.3) is 0 Å². The summed E-state index contributed by atoms with van der Waals surface area (Å²) < 4.78 is 23.1. The van der Waals surface area contributed by atoms with Gasteiger partial charge in [-0.15, -0.1) is 0 Å². The first kappa shape index (κ1) is 13.3. The Morgan fingerprint density at radius 3 is 2.38 bits per heavy atom. The molecule has 0 fully saturated rings. The first-order chi connectivity index (χ1) is 5.79. The van der Waals surface area contributed by atoms with Crippen molar-refractivity contribution in [3.8, 4) is 0 Å². The molecule has 0 heterocycles. The van der Waals surface area contributed by atoms with E-state index in [4.69, 9.17) is 0 Å². The van der Waals surface area contributed by atoms with E-state index in [1.54, 1.807) is 6.92 Å². The van der Waals surface area contributed by atoms with Crippen molar-refractivity contribution in [2.24, 2.45) is 0 Å². The lowest BCUT2D eigenvalue weighted by Gasteiger charge is -2.22. The number of nitrogens with zero attached hydrogens (tertiary/aromatic N) is 1. The van der Waals surface area contributed by atoms with Crippen molar-refractivity contribution in [3.63, 3.8) is 0 Å². The first-order valence-electron chi connectivity index (χ1n) is 3.84. The summed E-state index contributed by atoms with van der Waals surface area (Å²) in [5, 5.41) is 12.2. The lowest BCUT2D eigenvalue weighted by molar-refractivity contribution is 0.126. The highest BCUT2D eigenvalue weighted by Gasteiger charge is 2.19. The maximum atomic E-state index is 11.0. The van der Waals surface area contributed by atoms with Crippen LogP contribution in [0.2, 0.25) is 0 Å². The minimum Gasteiger partial charge on any atom is -0.390 e. The molecule has 0 aromatic rings.